The molecule has 5 heteroatoms. The van der Waals surface area contributed by atoms with E-state index in [0.29, 0.717) is 11.3 Å². The van der Waals surface area contributed by atoms with Crippen LogP contribution in [0, 0.1) is 6.92 Å². The summed E-state index contributed by atoms with van der Waals surface area (Å²) in [5, 5.41) is 2.84. The van der Waals surface area contributed by atoms with Crippen LogP contribution in [-0.4, -0.2) is 23.5 Å². The Bertz CT molecular complexity index is 538. The largest absolute Gasteiger partial charge is 0.449 e. The number of carbonyl (C=O) groups excluding carboxylic acids is 2. The highest BCUT2D eigenvalue weighted by atomic mass is 16.5. The lowest BCUT2D eigenvalue weighted by Gasteiger charge is -2.26. The minimum absolute atomic E-state index is 0.310. The molecule has 0 heterocycles. The Morgan fingerprint density at radius 1 is 1.38 bits per heavy atom. The minimum Gasteiger partial charge on any atom is -0.449 e. The molecule has 1 amide bonds. The van der Waals surface area contributed by atoms with Crippen molar-refractivity contribution in [2.75, 3.05) is 5.73 Å². The van der Waals surface area contributed by atoms with E-state index in [9.17, 15) is 9.59 Å². The van der Waals surface area contributed by atoms with E-state index in [1.165, 1.54) is 0 Å². The molecule has 0 saturated carbocycles. The molecule has 3 N–H and O–H groups in total. The third kappa shape index (κ3) is 4.77. The van der Waals surface area contributed by atoms with Gasteiger partial charge in [-0.15, -0.1) is 0 Å². The fraction of sp³-hybridized carbons (Fsp3) is 0.500. The fourth-order valence-electron chi connectivity index (χ4n) is 1.57. The van der Waals surface area contributed by atoms with Crippen molar-refractivity contribution in [3.8, 4) is 0 Å². The summed E-state index contributed by atoms with van der Waals surface area (Å²) in [6, 6.07) is 4.93. The summed E-state index contributed by atoms with van der Waals surface area (Å²) >= 11 is 0. The monoisotopic (exact) mass is 292 g/mol. The summed E-state index contributed by atoms with van der Waals surface area (Å²) in [5.41, 5.74) is 7.19. The van der Waals surface area contributed by atoms with Gasteiger partial charge in [0.15, 0.2) is 6.10 Å². The van der Waals surface area contributed by atoms with Gasteiger partial charge in [-0.1, -0.05) is 13.0 Å². The van der Waals surface area contributed by atoms with Gasteiger partial charge in [-0.3, -0.25) is 4.79 Å². The molecular weight excluding hydrogens is 268 g/mol. The van der Waals surface area contributed by atoms with Crippen molar-refractivity contribution in [2.24, 2.45) is 0 Å². The lowest BCUT2D eigenvalue weighted by molar-refractivity contribution is -0.130. The van der Waals surface area contributed by atoms with Gasteiger partial charge in [0.2, 0.25) is 0 Å². The van der Waals surface area contributed by atoms with Crippen LogP contribution in [0.2, 0.25) is 0 Å². The standard InChI is InChI=1S/C16H24N2O3/c1-6-16(4,5)18-14(19)11(3)21-15(20)12-8-7-10(2)13(17)9-12/h7-9,11H,6,17H2,1-5H3,(H,18,19). The number of nitrogens with one attached hydrogen (secondary N) is 1. The van der Waals surface area contributed by atoms with Gasteiger partial charge in [-0.2, -0.15) is 0 Å². The molecule has 1 aromatic rings. The normalized spacial score (nSPS) is 12.6. The van der Waals surface area contributed by atoms with Gasteiger partial charge in [-0.25, -0.2) is 4.79 Å². The highest BCUT2D eigenvalue weighted by Crippen LogP contribution is 2.15. The Labute approximate surface area is 125 Å². The number of aryl methyl sites for hydroxylation is 1. The van der Waals surface area contributed by atoms with Crippen molar-refractivity contribution >= 4 is 17.6 Å². The molecule has 1 rings (SSSR count). The maximum Gasteiger partial charge on any atom is 0.338 e. The summed E-state index contributed by atoms with van der Waals surface area (Å²) < 4.78 is 5.18. The number of esters is 1. The first-order valence-corrected chi connectivity index (χ1v) is 7.05. The second-order valence-corrected chi connectivity index (χ2v) is 5.85. The fourth-order valence-corrected chi connectivity index (χ4v) is 1.57. The molecule has 21 heavy (non-hydrogen) atoms. The van der Waals surface area contributed by atoms with Crippen LogP contribution in [0.1, 0.15) is 50.0 Å². The van der Waals surface area contributed by atoms with E-state index < -0.39 is 12.1 Å². The summed E-state index contributed by atoms with van der Waals surface area (Å²) in [6.07, 6.45) is -0.0701. The van der Waals surface area contributed by atoms with E-state index >= 15 is 0 Å². The second-order valence-electron chi connectivity index (χ2n) is 5.85. The number of nitrogen functional groups attached to an aromatic ring is 1. The van der Waals surface area contributed by atoms with Crippen LogP contribution < -0.4 is 11.1 Å². The number of hydrogen-bond donors (Lipinski definition) is 2. The van der Waals surface area contributed by atoms with Crippen LogP contribution in [0.15, 0.2) is 18.2 Å². The first kappa shape index (κ1) is 17.0. The van der Waals surface area contributed by atoms with Gasteiger partial charge in [0.05, 0.1) is 5.56 Å². The average Bonchev–Trinajstić information content (AvgIpc) is 2.41. The molecule has 0 fully saturated rings. The second kappa shape index (κ2) is 6.61. The van der Waals surface area contributed by atoms with Crippen molar-refractivity contribution in [1.29, 1.82) is 0 Å². The summed E-state index contributed by atoms with van der Waals surface area (Å²) in [5.74, 6) is -0.867. The van der Waals surface area contributed by atoms with E-state index in [2.05, 4.69) is 5.32 Å². The third-order valence-corrected chi connectivity index (χ3v) is 3.51. The third-order valence-electron chi connectivity index (χ3n) is 3.51. The van der Waals surface area contributed by atoms with Crippen molar-refractivity contribution in [1.82, 2.24) is 5.32 Å². The van der Waals surface area contributed by atoms with E-state index in [4.69, 9.17) is 10.5 Å². The van der Waals surface area contributed by atoms with Crippen molar-refractivity contribution < 1.29 is 14.3 Å². The highest BCUT2D eigenvalue weighted by Gasteiger charge is 2.24. The molecule has 1 aromatic carbocycles. The Balaban J connectivity index is 2.69. The molecule has 0 bridgehead atoms. The lowest BCUT2D eigenvalue weighted by atomic mass is 10.0. The average molecular weight is 292 g/mol. The van der Waals surface area contributed by atoms with E-state index in [1.807, 2.05) is 27.7 Å². The number of ether oxygens (including phenoxy) is 1. The van der Waals surface area contributed by atoms with Crippen molar-refractivity contribution in [2.45, 2.75) is 52.7 Å². The number of hydrogen-bond acceptors (Lipinski definition) is 4. The highest BCUT2D eigenvalue weighted by molar-refractivity contribution is 5.93. The van der Waals surface area contributed by atoms with Crippen LogP contribution in [0.5, 0.6) is 0 Å². The molecule has 0 aromatic heterocycles. The van der Waals surface area contributed by atoms with E-state index in [0.717, 1.165) is 12.0 Å². The van der Waals surface area contributed by atoms with Gasteiger partial charge in [0, 0.05) is 11.2 Å². The molecule has 0 aliphatic heterocycles. The zero-order valence-corrected chi connectivity index (χ0v) is 13.3. The number of carbonyl (C=O) groups is 2. The molecule has 0 aliphatic carbocycles. The minimum atomic E-state index is -0.856. The Hall–Kier alpha value is -2.04. The van der Waals surface area contributed by atoms with Crippen LogP contribution in [0.4, 0.5) is 5.69 Å². The molecule has 0 saturated heterocycles. The van der Waals surface area contributed by atoms with Gasteiger partial charge >= 0.3 is 5.97 Å². The molecule has 1 unspecified atom stereocenters. The molecule has 116 valence electrons. The zero-order chi connectivity index (χ0) is 16.2. The number of benzene rings is 1. The number of rotatable bonds is 5. The van der Waals surface area contributed by atoms with Crippen molar-refractivity contribution in [3.63, 3.8) is 0 Å². The maximum atomic E-state index is 12.0. The smallest absolute Gasteiger partial charge is 0.338 e. The first-order chi connectivity index (χ1) is 9.66. The SMILES string of the molecule is CCC(C)(C)NC(=O)C(C)OC(=O)c1ccc(C)c(N)c1. The maximum absolute atomic E-state index is 12.0. The predicted molar refractivity (Wildman–Crippen MR) is 83.0 cm³/mol. The molecule has 0 aliphatic rings. The molecular formula is C16H24N2O3. The van der Waals surface area contributed by atoms with Gasteiger partial charge in [0.25, 0.3) is 5.91 Å². The molecule has 0 radical (unpaired) electrons. The molecule has 1 atom stereocenters. The Morgan fingerprint density at radius 3 is 2.52 bits per heavy atom. The molecule has 5 nitrogen and oxygen atoms in total. The lowest BCUT2D eigenvalue weighted by Crippen LogP contribution is -2.47. The van der Waals surface area contributed by atoms with Gasteiger partial charge < -0.3 is 15.8 Å². The zero-order valence-electron chi connectivity index (χ0n) is 13.3. The number of amides is 1. The van der Waals surface area contributed by atoms with E-state index in [1.54, 1.807) is 25.1 Å². The number of anilines is 1. The van der Waals surface area contributed by atoms with Gasteiger partial charge in [-0.05, 0) is 51.8 Å². The molecule has 0 spiro atoms. The van der Waals surface area contributed by atoms with Crippen LogP contribution in [0.25, 0.3) is 0 Å². The topological polar surface area (TPSA) is 81.4 Å². The summed E-state index contributed by atoms with van der Waals surface area (Å²) in [7, 11) is 0. The van der Waals surface area contributed by atoms with Gasteiger partial charge in [0.1, 0.15) is 0 Å². The predicted octanol–water partition coefficient (Wildman–Crippen LogP) is 2.43. The quantitative estimate of drug-likeness (QED) is 0.645. The van der Waals surface area contributed by atoms with Crippen molar-refractivity contribution in [3.05, 3.63) is 29.3 Å². The Kier molecular flexibility index (Phi) is 5.35. The first-order valence-electron chi connectivity index (χ1n) is 7.05. The van der Waals surface area contributed by atoms with E-state index in [-0.39, 0.29) is 11.4 Å². The Morgan fingerprint density at radius 2 is 2.00 bits per heavy atom. The summed E-state index contributed by atoms with van der Waals surface area (Å²) in [6.45, 7) is 9.22. The number of nitrogens with two attached hydrogens (primary N) is 1. The van der Waals surface area contributed by atoms with Crippen LogP contribution in [-0.2, 0) is 9.53 Å². The summed E-state index contributed by atoms with van der Waals surface area (Å²) in [4.78, 5) is 24.0. The van der Waals surface area contributed by atoms with Crippen LogP contribution in [0.3, 0.4) is 0 Å². The van der Waals surface area contributed by atoms with Crippen LogP contribution >= 0.6 is 0 Å².